The minimum Gasteiger partial charge on any atom is -0.444 e. The minimum atomic E-state index is -0.587. The van der Waals surface area contributed by atoms with Crippen molar-refractivity contribution < 1.29 is 43.1 Å². The van der Waals surface area contributed by atoms with E-state index in [0.29, 0.717) is 32.2 Å². The first kappa shape index (κ1) is 71.5. The molecular formula is C57H104N8O9. The van der Waals surface area contributed by atoms with Crippen LogP contribution in [-0.4, -0.2) is 121 Å². The van der Waals surface area contributed by atoms with Crippen molar-refractivity contribution in [1.82, 2.24) is 37.2 Å². The summed E-state index contributed by atoms with van der Waals surface area (Å²) in [7, 11) is 0. The maximum absolute atomic E-state index is 13.3. The highest BCUT2D eigenvalue weighted by atomic mass is 16.6. The molecule has 9 N–H and O–H groups in total. The van der Waals surface area contributed by atoms with Crippen molar-refractivity contribution in [3.05, 3.63) is 35.9 Å². The van der Waals surface area contributed by atoms with E-state index < -0.39 is 28.9 Å². The molecule has 0 saturated carbocycles. The van der Waals surface area contributed by atoms with Crippen LogP contribution in [0.2, 0.25) is 0 Å². The van der Waals surface area contributed by atoms with Gasteiger partial charge in [0, 0.05) is 65.7 Å². The Morgan fingerprint density at radius 2 is 1.07 bits per heavy atom. The predicted octanol–water partition coefficient (Wildman–Crippen LogP) is 6.92. The van der Waals surface area contributed by atoms with Crippen LogP contribution in [0.1, 0.15) is 183 Å². The second-order valence-electron chi connectivity index (χ2n) is 25.6. The number of nitrogens with one attached hydrogen (secondary N) is 7. The van der Waals surface area contributed by atoms with Crippen LogP contribution in [-0.2, 0) is 44.7 Å². The van der Waals surface area contributed by atoms with Crippen LogP contribution in [0.4, 0.5) is 4.79 Å². The summed E-state index contributed by atoms with van der Waals surface area (Å²) < 4.78 is 5.05. The Morgan fingerprint density at radius 3 is 1.51 bits per heavy atom. The summed E-state index contributed by atoms with van der Waals surface area (Å²) >= 11 is 0. The van der Waals surface area contributed by atoms with E-state index in [1.54, 1.807) is 20.8 Å². The molecule has 1 aromatic carbocycles. The molecule has 0 radical (unpaired) electrons. The minimum absolute atomic E-state index is 0.0986. The average molecular weight is 1050 g/mol. The summed E-state index contributed by atoms with van der Waals surface area (Å²) in [5.41, 5.74) is 4.88. The third kappa shape index (κ3) is 38.9. The zero-order valence-corrected chi connectivity index (χ0v) is 49.6. The molecule has 426 valence electrons. The number of ketones is 4. The summed E-state index contributed by atoms with van der Waals surface area (Å²) in [5.74, 6) is -0.604. The Morgan fingerprint density at radius 1 is 0.568 bits per heavy atom. The van der Waals surface area contributed by atoms with Gasteiger partial charge in [-0.25, -0.2) is 4.79 Å². The molecule has 1 rings (SSSR count). The van der Waals surface area contributed by atoms with Crippen molar-refractivity contribution in [1.29, 1.82) is 0 Å². The van der Waals surface area contributed by atoms with Crippen LogP contribution < -0.4 is 43.0 Å². The highest BCUT2D eigenvalue weighted by Gasteiger charge is 2.34. The molecule has 0 aliphatic carbocycles. The van der Waals surface area contributed by atoms with Crippen LogP contribution in [0.3, 0.4) is 0 Å². The van der Waals surface area contributed by atoms with Crippen LogP contribution in [0, 0.1) is 22.7 Å². The van der Waals surface area contributed by atoms with Crippen LogP contribution in [0.5, 0.6) is 0 Å². The van der Waals surface area contributed by atoms with E-state index in [0.717, 1.165) is 24.8 Å². The van der Waals surface area contributed by atoms with Crippen molar-refractivity contribution in [3.8, 4) is 0 Å². The smallest absolute Gasteiger partial charge is 0.407 e. The SMILES string of the molecule is CC(C)(C)NC(Cc1ccccc1)C(=O)CC(CCCCN)C(=O)C(C)(C)C.CC(C)(C)NCC(=O)NCC(=O)NCC(=O)NCCNC(=O)OC(C)(C)C.CC(C)C(NC(C)(C)C)C(=O)CCC(=O)C(C)(C)C. The lowest BCUT2D eigenvalue weighted by Crippen LogP contribution is -2.50. The van der Waals surface area contributed by atoms with E-state index in [1.165, 1.54) is 0 Å². The van der Waals surface area contributed by atoms with Gasteiger partial charge in [0.15, 0.2) is 5.78 Å². The van der Waals surface area contributed by atoms with Gasteiger partial charge in [-0.1, -0.05) is 92.1 Å². The van der Waals surface area contributed by atoms with E-state index in [1.807, 2.05) is 106 Å². The number of rotatable bonds is 26. The van der Waals surface area contributed by atoms with Gasteiger partial charge in [0.2, 0.25) is 17.7 Å². The Bertz CT molecular complexity index is 1880. The van der Waals surface area contributed by atoms with Crippen molar-refractivity contribution in [3.63, 3.8) is 0 Å². The third-order valence-electron chi connectivity index (χ3n) is 10.7. The lowest BCUT2D eigenvalue weighted by Gasteiger charge is -2.30. The van der Waals surface area contributed by atoms with E-state index in [-0.39, 0.29) is 108 Å². The average Bonchev–Trinajstić information content (AvgIpc) is 3.24. The largest absolute Gasteiger partial charge is 0.444 e. The molecule has 74 heavy (non-hydrogen) atoms. The van der Waals surface area contributed by atoms with Crippen LogP contribution in [0.15, 0.2) is 30.3 Å². The summed E-state index contributed by atoms with van der Waals surface area (Å²) in [6.07, 6.45) is 3.53. The van der Waals surface area contributed by atoms with Crippen molar-refractivity contribution in [2.75, 3.05) is 39.3 Å². The zero-order chi connectivity index (χ0) is 57.9. The first-order valence-electron chi connectivity index (χ1n) is 26.5. The Hall–Kier alpha value is -4.58. The number of Topliss-reactive ketones (excluding diaryl/α,β-unsaturated/α-hetero) is 4. The lowest BCUT2D eigenvalue weighted by molar-refractivity contribution is -0.134. The van der Waals surface area contributed by atoms with Gasteiger partial charge >= 0.3 is 6.09 Å². The standard InChI is InChI=1S/C24H40N2O2.C17H33N5O5.C16H31NO2/c1-23(2,3)22(28)19(14-10-11-15-25)17-21(27)20(26-24(4,5)6)16-18-12-8-7-9-13-18;1-16(2,3)22-11-14(25)21-10-13(24)20-9-12(23)18-7-8-19-15(26)27-17(4,5)6;1-11(2)14(17-16(6,7)8)12(18)9-10-13(19)15(3,4)5/h7-9,12-13,19-20,26H,10-11,14-17,25H2,1-6H3;22H,7-11H2,1-6H3,(H,18,23)(H,19,26)(H,20,24)(H,21,25);11,14,17H,9-10H2,1-8H3. The Labute approximate surface area is 447 Å². The van der Waals surface area contributed by atoms with Gasteiger partial charge in [0.1, 0.15) is 23.0 Å². The number of unbranched alkanes of at least 4 members (excludes halogenated alkanes) is 1. The van der Waals surface area contributed by atoms with Gasteiger partial charge in [-0.2, -0.15) is 0 Å². The molecule has 1 aromatic rings. The number of carbonyl (C=O) groups is 8. The lowest BCUT2D eigenvalue weighted by atomic mass is 9.78. The van der Waals surface area contributed by atoms with E-state index in [9.17, 15) is 38.4 Å². The maximum atomic E-state index is 13.3. The van der Waals surface area contributed by atoms with Gasteiger partial charge in [-0.3, -0.25) is 33.6 Å². The number of ether oxygens (including phenoxy) is 1. The van der Waals surface area contributed by atoms with Crippen LogP contribution in [0.25, 0.3) is 0 Å². The molecule has 0 heterocycles. The van der Waals surface area contributed by atoms with E-state index >= 15 is 0 Å². The van der Waals surface area contributed by atoms with E-state index in [2.05, 4.69) is 78.8 Å². The van der Waals surface area contributed by atoms with Gasteiger partial charge in [0.25, 0.3) is 0 Å². The number of nitrogens with two attached hydrogens (primary N) is 1. The molecule has 0 bridgehead atoms. The van der Waals surface area contributed by atoms with Crippen molar-refractivity contribution >= 4 is 46.9 Å². The highest BCUT2D eigenvalue weighted by molar-refractivity contribution is 5.93. The first-order chi connectivity index (χ1) is 33.6. The molecule has 3 unspecified atom stereocenters. The summed E-state index contributed by atoms with van der Waals surface area (Å²) in [4.78, 5) is 96.6. The molecule has 3 atom stereocenters. The maximum Gasteiger partial charge on any atom is 0.407 e. The second-order valence-corrected chi connectivity index (χ2v) is 25.6. The topological polar surface area (TPSA) is 256 Å². The number of carbonyl (C=O) groups excluding carboxylic acids is 8. The normalized spacial score (nSPS) is 13.4. The fraction of sp³-hybridized carbons (Fsp3) is 0.754. The molecular weight excluding hydrogens is 941 g/mol. The quantitative estimate of drug-likeness (QED) is 0.0439. The summed E-state index contributed by atoms with van der Waals surface area (Å²) in [6.45, 7) is 39.6. The molecule has 0 aromatic heterocycles. The molecule has 0 saturated heterocycles. The fourth-order valence-corrected chi connectivity index (χ4v) is 6.90. The summed E-state index contributed by atoms with van der Waals surface area (Å²) in [6, 6.07) is 9.58. The zero-order valence-electron chi connectivity index (χ0n) is 49.6. The highest BCUT2D eigenvalue weighted by Crippen LogP contribution is 2.27. The van der Waals surface area contributed by atoms with Crippen molar-refractivity contribution in [2.24, 2.45) is 28.4 Å². The Kier molecular flexibility index (Phi) is 32.3. The van der Waals surface area contributed by atoms with Gasteiger partial charge in [-0.15, -0.1) is 0 Å². The van der Waals surface area contributed by atoms with Crippen LogP contribution >= 0.6 is 0 Å². The predicted molar refractivity (Wildman–Crippen MR) is 299 cm³/mol. The number of hydrogen-bond donors (Lipinski definition) is 8. The molecule has 0 spiro atoms. The number of amides is 4. The number of benzene rings is 1. The Balaban J connectivity index is 0. The molecule has 17 heteroatoms. The van der Waals surface area contributed by atoms with Gasteiger partial charge in [0.05, 0.1) is 31.7 Å². The molecule has 4 amide bonds. The van der Waals surface area contributed by atoms with Crippen molar-refractivity contribution in [2.45, 2.75) is 218 Å². The van der Waals surface area contributed by atoms with Gasteiger partial charge in [-0.05, 0) is 120 Å². The third-order valence-corrected chi connectivity index (χ3v) is 10.7. The molecule has 17 nitrogen and oxygen atoms in total. The molecule has 0 fully saturated rings. The number of hydrogen-bond acceptors (Lipinski definition) is 13. The molecule has 0 aliphatic rings. The second kappa shape index (κ2) is 33.5. The first-order valence-corrected chi connectivity index (χ1v) is 26.5. The fourth-order valence-electron chi connectivity index (χ4n) is 6.90. The summed E-state index contributed by atoms with van der Waals surface area (Å²) in [5, 5.41) is 19.7. The molecule has 0 aliphatic heterocycles. The van der Waals surface area contributed by atoms with E-state index in [4.69, 9.17) is 10.5 Å². The number of alkyl carbamates (subject to hydrolysis) is 1. The van der Waals surface area contributed by atoms with Gasteiger partial charge < -0.3 is 47.7 Å². The monoisotopic (exact) mass is 1040 g/mol.